The van der Waals surface area contributed by atoms with Gasteiger partial charge in [-0.05, 0) is 35.4 Å². The van der Waals surface area contributed by atoms with Crippen LogP contribution in [-0.4, -0.2) is 11.7 Å². The van der Waals surface area contributed by atoms with Gasteiger partial charge in [0.2, 0.25) is 0 Å². The lowest BCUT2D eigenvalue weighted by Crippen LogP contribution is -2.20. The summed E-state index contributed by atoms with van der Waals surface area (Å²) < 4.78 is 12.9. The highest BCUT2D eigenvalue weighted by molar-refractivity contribution is 6.30. The second-order valence-electron chi connectivity index (χ2n) is 4.39. The van der Waals surface area contributed by atoms with Gasteiger partial charge < -0.3 is 10.8 Å². The van der Waals surface area contributed by atoms with Crippen LogP contribution in [0.3, 0.4) is 0 Å². The Bertz CT molecular complexity index is 527. The number of hydrogen-bond donors (Lipinski definition) is 2. The van der Waals surface area contributed by atoms with E-state index in [1.54, 1.807) is 24.3 Å². The first-order valence-electron chi connectivity index (χ1n) is 6.01. The number of benzene rings is 2. The normalized spacial score (nSPS) is 14.1. The first kappa shape index (κ1) is 14.0. The average molecular weight is 280 g/mol. The van der Waals surface area contributed by atoms with Gasteiger partial charge >= 0.3 is 0 Å². The third-order valence-electron chi connectivity index (χ3n) is 3.14. The van der Waals surface area contributed by atoms with Crippen LogP contribution in [0.2, 0.25) is 5.02 Å². The van der Waals surface area contributed by atoms with Crippen molar-refractivity contribution in [1.29, 1.82) is 0 Å². The number of hydrogen-bond acceptors (Lipinski definition) is 2. The molecule has 2 aromatic rings. The second-order valence-corrected chi connectivity index (χ2v) is 4.83. The molecule has 0 heterocycles. The summed E-state index contributed by atoms with van der Waals surface area (Å²) >= 11 is 5.84. The Labute approximate surface area is 116 Å². The zero-order chi connectivity index (χ0) is 13.8. The van der Waals surface area contributed by atoms with Crippen LogP contribution in [0.15, 0.2) is 48.5 Å². The molecule has 2 unspecified atom stereocenters. The fourth-order valence-corrected chi connectivity index (χ4v) is 2.18. The predicted molar refractivity (Wildman–Crippen MR) is 74.6 cm³/mol. The van der Waals surface area contributed by atoms with E-state index >= 15 is 0 Å². The van der Waals surface area contributed by atoms with Gasteiger partial charge in [0.15, 0.2) is 0 Å². The van der Waals surface area contributed by atoms with Crippen molar-refractivity contribution >= 4 is 11.6 Å². The first-order valence-corrected chi connectivity index (χ1v) is 6.38. The average Bonchev–Trinajstić information content (AvgIpc) is 2.42. The summed E-state index contributed by atoms with van der Waals surface area (Å²) in [7, 11) is 0. The highest BCUT2D eigenvalue weighted by atomic mass is 35.5. The molecule has 0 amide bonds. The van der Waals surface area contributed by atoms with E-state index < -0.39 is 6.10 Å². The molecule has 3 N–H and O–H groups in total. The smallest absolute Gasteiger partial charge is 0.123 e. The molecule has 4 heteroatoms. The van der Waals surface area contributed by atoms with E-state index in [0.29, 0.717) is 17.1 Å². The lowest BCUT2D eigenvalue weighted by Gasteiger charge is -2.22. The van der Waals surface area contributed by atoms with Crippen molar-refractivity contribution in [2.75, 3.05) is 6.54 Å². The van der Waals surface area contributed by atoms with Crippen molar-refractivity contribution in [3.05, 3.63) is 70.5 Å². The highest BCUT2D eigenvalue weighted by Crippen LogP contribution is 2.30. The minimum Gasteiger partial charge on any atom is -0.388 e. The molecule has 0 aliphatic rings. The number of halogens is 2. The van der Waals surface area contributed by atoms with Gasteiger partial charge in [-0.3, -0.25) is 0 Å². The number of rotatable bonds is 4. The van der Waals surface area contributed by atoms with Crippen molar-refractivity contribution in [1.82, 2.24) is 0 Å². The van der Waals surface area contributed by atoms with Gasteiger partial charge in [-0.15, -0.1) is 0 Å². The maximum Gasteiger partial charge on any atom is 0.123 e. The zero-order valence-corrected chi connectivity index (χ0v) is 11.0. The van der Waals surface area contributed by atoms with Gasteiger partial charge in [0.05, 0.1) is 6.10 Å². The van der Waals surface area contributed by atoms with Crippen molar-refractivity contribution < 1.29 is 9.50 Å². The third kappa shape index (κ3) is 3.32. The Morgan fingerprint density at radius 3 is 2.05 bits per heavy atom. The minimum atomic E-state index is -0.772. The third-order valence-corrected chi connectivity index (χ3v) is 3.40. The van der Waals surface area contributed by atoms with E-state index in [0.717, 1.165) is 5.56 Å². The fraction of sp³-hybridized carbons (Fsp3) is 0.200. The number of aliphatic hydroxyl groups is 1. The Morgan fingerprint density at radius 1 is 1.00 bits per heavy atom. The molecule has 2 aromatic carbocycles. The molecule has 19 heavy (non-hydrogen) atoms. The molecule has 0 saturated carbocycles. The standard InChI is InChI=1S/C15H15ClFNO/c16-12-5-1-10(2-6-12)14(9-18)15(19)11-3-7-13(17)8-4-11/h1-8,14-15,19H,9,18H2. The van der Waals surface area contributed by atoms with Crippen LogP contribution in [0.1, 0.15) is 23.1 Å². The lowest BCUT2D eigenvalue weighted by atomic mass is 9.89. The summed E-state index contributed by atoms with van der Waals surface area (Å²) in [6.45, 7) is 0.292. The number of aliphatic hydroxyl groups excluding tert-OH is 1. The van der Waals surface area contributed by atoms with Crippen molar-refractivity contribution in [2.45, 2.75) is 12.0 Å². The minimum absolute atomic E-state index is 0.247. The van der Waals surface area contributed by atoms with Gasteiger partial charge in [0, 0.05) is 17.5 Å². The predicted octanol–water partition coefficient (Wildman–Crippen LogP) is 3.26. The molecule has 0 aromatic heterocycles. The monoisotopic (exact) mass is 279 g/mol. The first-order chi connectivity index (χ1) is 9.11. The maximum atomic E-state index is 12.9. The van der Waals surface area contributed by atoms with Crippen LogP contribution < -0.4 is 5.73 Å². The Hall–Kier alpha value is -1.42. The SMILES string of the molecule is NCC(c1ccc(Cl)cc1)C(O)c1ccc(F)cc1. The van der Waals surface area contributed by atoms with Gasteiger partial charge in [-0.25, -0.2) is 4.39 Å². The van der Waals surface area contributed by atoms with Gasteiger partial charge in [0.1, 0.15) is 5.82 Å². The molecule has 0 bridgehead atoms. The topological polar surface area (TPSA) is 46.2 Å². The summed E-state index contributed by atoms with van der Waals surface area (Å²) in [5.41, 5.74) is 7.30. The molecule has 100 valence electrons. The molecular formula is C15H15ClFNO. The van der Waals surface area contributed by atoms with Gasteiger partial charge in [0.25, 0.3) is 0 Å². The Balaban J connectivity index is 2.26. The molecule has 0 fully saturated rings. The van der Waals surface area contributed by atoms with Crippen LogP contribution in [-0.2, 0) is 0 Å². The molecule has 0 aliphatic carbocycles. The van der Waals surface area contributed by atoms with Crippen LogP contribution in [0.5, 0.6) is 0 Å². The summed E-state index contributed by atoms with van der Waals surface area (Å²) in [5, 5.41) is 11.0. The molecule has 2 nitrogen and oxygen atoms in total. The van der Waals surface area contributed by atoms with Crippen molar-refractivity contribution in [3.8, 4) is 0 Å². The lowest BCUT2D eigenvalue weighted by molar-refractivity contribution is 0.147. The molecule has 0 spiro atoms. The highest BCUT2D eigenvalue weighted by Gasteiger charge is 2.21. The van der Waals surface area contributed by atoms with Gasteiger partial charge in [-0.2, -0.15) is 0 Å². The number of nitrogens with two attached hydrogens (primary N) is 1. The Kier molecular flexibility index (Phi) is 4.53. The van der Waals surface area contributed by atoms with E-state index in [9.17, 15) is 9.50 Å². The van der Waals surface area contributed by atoms with Crippen LogP contribution in [0.4, 0.5) is 4.39 Å². The van der Waals surface area contributed by atoms with Crippen LogP contribution >= 0.6 is 11.6 Å². The summed E-state index contributed by atoms with van der Waals surface area (Å²) in [4.78, 5) is 0. The second kappa shape index (κ2) is 6.15. The summed E-state index contributed by atoms with van der Waals surface area (Å²) in [5.74, 6) is -0.575. The fourth-order valence-electron chi connectivity index (χ4n) is 2.05. The summed E-state index contributed by atoms with van der Waals surface area (Å²) in [6.07, 6.45) is -0.772. The van der Waals surface area contributed by atoms with Crippen molar-refractivity contribution in [3.63, 3.8) is 0 Å². The summed E-state index contributed by atoms with van der Waals surface area (Å²) in [6, 6.07) is 13.0. The van der Waals surface area contributed by atoms with Crippen LogP contribution in [0, 0.1) is 5.82 Å². The van der Waals surface area contributed by atoms with E-state index in [1.165, 1.54) is 12.1 Å². The van der Waals surface area contributed by atoms with E-state index in [2.05, 4.69) is 0 Å². The zero-order valence-electron chi connectivity index (χ0n) is 10.3. The molecule has 0 radical (unpaired) electrons. The molecule has 0 saturated heterocycles. The van der Waals surface area contributed by atoms with E-state index in [-0.39, 0.29) is 11.7 Å². The van der Waals surface area contributed by atoms with Gasteiger partial charge in [-0.1, -0.05) is 35.9 Å². The molecule has 2 rings (SSSR count). The molecule has 2 atom stereocenters. The molecular weight excluding hydrogens is 265 g/mol. The van der Waals surface area contributed by atoms with Crippen LogP contribution in [0.25, 0.3) is 0 Å². The molecule has 0 aliphatic heterocycles. The maximum absolute atomic E-state index is 12.9. The quantitative estimate of drug-likeness (QED) is 0.902. The Morgan fingerprint density at radius 2 is 1.53 bits per heavy atom. The van der Waals surface area contributed by atoms with E-state index in [1.807, 2.05) is 12.1 Å². The van der Waals surface area contributed by atoms with Crippen molar-refractivity contribution in [2.24, 2.45) is 5.73 Å². The van der Waals surface area contributed by atoms with E-state index in [4.69, 9.17) is 17.3 Å². The largest absolute Gasteiger partial charge is 0.388 e.